The van der Waals surface area contributed by atoms with E-state index in [1.165, 1.54) is 30.2 Å². The number of halogens is 2. The van der Waals surface area contributed by atoms with Crippen LogP contribution in [-0.2, 0) is 19.4 Å². The molecule has 2 unspecified atom stereocenters. The normalized spacial score (nSPS) is 29.9. The van der Waals surface area contributed by atoms with Crippen LogP contribution in [0.5, 0.6) is 11.6 Å². The fraction of sp³-hybridized carbons (Fsp3) is 0.583. The van der Waals surface area contributed by atoms with E-state index in [4.69, 9.17) is 9.72 Å². The van der Waals surface area contributed by atoms with E-state index in [1.807, 2.05) is 13.0 Å². The van der Waals surface area contributed by atoms with Crippen molar-refractivity contribution in [3.63, 3.8) is 0 Å². The summed E-state index contributed by atoms with van der Waals surface area (Å²) in [6.07, 6.45) is 7.72. The molecule has 45 heavy (non-hydrogen) atoms. The molecule has 4 atom stereocenters. The van der Waals surface area contributed by atoms with Gasteiger partial charge in [-0.15, -0.1) is 0 Å². The van der Waals surface area contributed by atoms with E-state index in [-0.39, 0.29) is 22.6 Å². The molecular weight excluding hydrogens is 572 g/mol. The molecule has 5 fully saturated rings. The topological polar surface area (TPSA) is 64.1 Å². The number of hydrogen-bond donors (Lipinski definition) is 2. The zero-order valence-corrected chi connectivity index (χ0v) is 26.1. The first-order valence-corrected chi connectivity index (χ1v) is 17.1. The van der Waals surface area contributed by atoms with Crippen molar-refractivity contribution in [2.24, 2.45) is 0 Å². The Labute approximate surface area is 263 Å². The average molecular weight is 616 g/mol. The number of nitrogens with zero attached hydrogens (tertiary/aromatic N) is 4. The molecule has 238 valence electrons. The maximum Gasteiger partial charge on any atom is 0.215 e. The van der Waals surface area contributed by atoms with Crippen molar-refractivity contribution in [3.05, 3.63) is 53.0 Å². The highest BCUT2D eigenvalue weighted by Gasteiger charge is 2.53. The van der Waals surface area contributed by atoms with Crippen molar-refractivity contribution in [3.8, 4) is 11.6 Å². The molecule has 3 aromatic rings. The predicted molar refractivity (Wildman–Crippen MR) is 172 cm³/mol. The Bertz CT molecular complexity index is 1670. The lowest BCUT2D eigenvalue weighted by Crippen LogP contribution is -2.52. The van der Waals surface area contributed by atoms with E-state index < -0.39 is 6.17 Å². The highest BCUT2D eigenvalue weighted by atomic mass is 19.1. The molecule has 0 radical (unpaired) electrons. The third-order valence-electron chi connectivity index (χ3n) is 12.0. The molecule has 1 spiro atoms. The molecule has 2 bridgehead atoms. The summed E-state index contributed by atoms with van der Waals surface area (Å²) in [6.45, 7) is 6.40. The third-order valence-corrected chi connectivity index (χ3v) is 12.0. The van der Waals surface area contributed by atoms with Crippen molar-refractivity contribution >= 4 is 22.1 Å². The Balaban J connectivity index is 1.13. The molecule has 9 rings (SSSR count). The monoisotopic (exact) mass is 615 g/mol. The summed E-state index contributed by atoms with van der Waals surface area (Å²) < 4.78 is 36.3. The summed E-state index contributed by atoms with van der Waals surface area (Å²) in [7, 11) is 0. The predicted octanol–water partition coefficient (Wildman–Crippen LogP) is 5.63. The largest absolute Gasteiger partial charge is 0.508 e. The Hall–Kier alpha value is -3.17. The maximum absolute atomic E-state index is 15.2. The highest BCUT2D eigenvalue weighted by Crippen LogP contribution is 2.54. The van der Waals surface area contributed by atoms with Gasteiger partial charge >= 0.3 is 0 Å². The molecule has 2 aromatic carbocycles. The van der Waals surface area contributed by atoms with Gasteiger partial charge in [0.05, 0.1) is 17.8 Å². The smallest absolute Gasteiger partial charge is 0.215 e. The van der Waals surface area contributed by atoms with Gasteiger partial charge in [0.25, 0.3) is 0 Å². The van der Waals surface area contributed by atoms with Crippen LogP contribution in [0.4, 0.5) is 20.2 Å². The summed E-state index contributed by atoms with van der Waals surface area (Å²) in [4.78, 5) is 12.4. The highest BCUT2D eigenvalue weighted by molar-refractivity contribution is 5.99. The number of benzene rings is 2. The van der Waals surface area contributed by atoms with E-state index in [1.54, 1.807) is 12.1 Å². The Morgan fingerprint density at radius 1 is 1.07 bits per heavy atom. The summed E-state index contributed by atoms with van der Waals surface area (Å²) in [6, 6.07) is 10.0. The standard InChI is InChI=1S/C36H43F2N5O2/c1-2-27-29(38)7-4-22-12-26(44)13-32(34(22)27)43-20-30-28(16-35(43)9-10-35)31(41-18-24-5-6-25(19-41)39-24)14-33(40-30)45-21-36-8-3-11-42(36)17-23(37)15-36/h4,7,12-14,23-25,39,44H,2-3,5-6,8-11,15-21H2,1H3/t23-,24?,25?,36+/m1/s1. The molecule has 4 saturated heterocycles. The lowest BCUT2D eigenvalue weighted by Gasteiger charge is -2.43. The van der Waals surface area contributed by atoms with E-state index in [2.05, 4.69) is 26.1 Å². The SMILES string of the molecule is CCc1c(F)ccc2cc(O)cc(N3Cc4nc(OC[C@@]56CCCN5C[C@H](F)C6)cc(N5CC6CCC(C5)N6)c4CC34CC4)c12. The van der Waals surface area contributed by atoms with Gasteiger partial charge in [-0.3, -0.25) is 4.90 Å². The summed E-state index contributed by atoms with van der Waals surface area (Å²) >= 11 is 0. The van der Waals surface area contributed by atoms with Crippen LogP contribution in [0.3, 0.4) is 0 Å². The molecule has 1 aromatic heterocycles. The molecule has 7 nitrogen and oxygen atoms in total. The van der Waals surface area contributed by atoms with Gasteiger partial charge < -0.3 is 25.0 Å². The van der Waals surface area contributed by atoms with Gasteiger partial charge in [0.15, 0.2) is 0 Å². The van der Waals surface area contributed by atoms with E-state index in [0.717, 1.165) is 73.9 Å². The summed E-state index contributed by atoms with van der Waals surface area (Å²) in [5, 5.41) is 16.4. The number of fused-ring (bicyclic) bond motifs is 5. The summed E-state index contributed by atoms with van der Waals surface area (Å²) in [5.41, 5.74) is 4.78. The lowest BCUT2D eigenvalue weighted by molar-refractivity contribution is 0.110. The summed E-state index contributed by atoms with van der Waals surface area (Å²) in [5.74, 6) is 0.607. The number of phenolic OH excluding ortho intramolecular Hbond substituents is 1. The van der Waals surface area contributed by atoms with Gasteiger partial charge in [-0.1, -0.05) is 13.0 Å². The number of phenols is 1. The Morgan fingerprint density at radius 3 is 2.67 bits per heavy atom. The molecule has 1 saturated carbocycles. The van der Waals surface area contributed by atoms with E-state index in [9.17, 15) is 9.50 Å². The number of aryl methyl sites for hydroxylation is 1. The second-order valence-corrected chi connectivity index (χ2v) is 14.7. The van der Waals surface area contributed by atoms with Gasteiger partial charge in [-0.2, -0.15) is 0 Å². The van der Waals surface area contributed by atoms with Gasteiger partial charge in [0, 0.05) is 78.1 Å². The molecule has 0 amide bonds. The minimum atomic E-state index is -0.796. The number of rotatable bonds is 6. The van der Waals surface area contributed by atoms with Crippen molar-refractivity contribution < 1.29 is 18.6 Å². The number of aromatic hydroxyl groups is 1. The first-order chi connectivity index (χ1) is 21.8. The van der Waals surface area contributed by atoms with Crippen molar-refractivity contribution in [1.29, 1.82) is 0 Å². The van der Waals surface area contributed by atoms with Crippen LogP contribution in [0.25, 0.3) is 10.8 Å². The fourth-order valence-corrected chi connectivity index (χ4v) is 9.62. The molecule has 5 aliphatic heterocycles. The maximum atomic E-state index is 15.2. The molecule has 9 heteroatoms. The second kappa shape index (κ2) is 10.2. The van der Waals surface area contributed by atoms with Gasteiger partial charge in [-0.05, 0) is 81.0 Å². The van der Waals surface area contributed by atoms with E-state index >= 15 is 4.39 Å². The first kappa shape index (κ1) is 28.1. The van der Waals surface area contributed by atoms with Crippen LogP contribution in [0.15, 0.2) is 30.3 Å². The third kappa shape index (κ3) is 4.51. The average Bonchev–Trinajstić information content (AvgIpc) is 3.39. The lowest BCUT2D eigenvalue weighted by atomic mass is 9.90. The van der Waals surface area contributed by atoms with Crippen LogP contribution in [0, 0.1) is 5.82 Å². The van der Waals surface area contributed by atoms with E-state index in [0.29, 0.717) is 56.1 Å². The van der Waals surface area contributed by atoms with Crippen LogP contribution in [0.1, 0.15) is 68.7 Å². The molecule has 6 heterocycles. The second-order valence-electron chi connectivity index (χ2n) is 14.7. The van der Waals surface area contributed by atoms with Crippen LogP contribution >= 0.6 is 0 Å². The van der Waals surface area contributed by atoms with Crippen molar-refractivity contribution in [1.82, 2.24) is 15.2 Å². The quantitative estimate of drug-likeness (QED) is 0.373. The van der Waals surface area contributed by atoms with Gasteiger partial charge in [-0.25, -0.2) is 13.8 Å². The van der Waals surface area contributed by atoms with Gasteiger partial charge in [0.2, 0.25) is 5.88 Å². The number of aromatic nitrogens is 1. The minimum Gasteiger partial charge on any atom is -0.508 e. The number of ether oxygens (including phenoxy) is 1. The van der Waals surface area contributed by atoms with Crippen molar-refractivity contribution in [2.75, 3.05) is 42.6 Å². The first-order valence-electron chi connectivity index (χ1n) is 17.1. The van der Waals surface area contributed by atoms with Crippen LogP contribution in [-0.4, -0.2) is 77.1 Å². The van der Waals surface area contributed by atoms with Gasteiger partial charge in [0.1, 0.15) is 24.3 Å². The number of hydrogen-bond acceptors (Lipinski definition) is 7. The minimum absolute atomic E-state index is 0.0832. The fourth-order valence-electron chi connectivity index (χ4n) is 9.62. The number of pyridine rings is 1. The zero-order chi connectivity index (χ0) is 30.5. The molecule has 2 N–H and O–H groups in total. The number of alkyl halides is 1. The zero-order valence-electron chi connectivity index (χ0n) is 26.1. The molecule has 1 aliphatic carbocycles. The van der Waals surface area contributed by atoms with Crippen molar-refractivity contribution in [2.45, 2.75) is 101 Å². The number of anilines is 2. The Kier molecular flexibility index (Phi) is 6.34. The van der Waals surface area contributed by atoms with Crippen LogP contribution < -0.4 is 19.9 Å². The molecular formula is C36H43F2N5O2. The van der Waals surface area contributed by atoms with Crippen LogP contribution in [0.2, 0.25) is 0 Å². The number of nitrogens with one attached hydrogen (secondary N) is 1. The number of piperazine rings is 1. The Morgan fingerprint density at radius 2 is 1.89 bits per heavy atom. The molecule has 6 aliphatic rings.